The van der Waals surface area contributed by atoms with Crippen molar-refractivity contribution in [3.63, 3.8) is 0 Å². The summed E-state index contributed by atoms with van der Waals surface area (Å²) in [6, 6.07) is 8.86. The van der Waals surface area contributed by atoms with Gasteiger partial charge in [0.15, 0.2) is 0 Å². The average Bonchev–Trinajstić information content (AvgIpc) is 2.36. The van der Waals surface area contributed by atoms with Crippen molar-refractivity contribution in [1.82, 2.24) is 5.32 Å². The van der Waals surface area contributed by atoms with Crippen LogP contribution in [0, 0.1) is 12.3 Å². The maximum atomic E-state index is 5.82. The highest BCUT2D eigenvalue weighted by molar-refractivity contribution is 5.31. The van der Waals surface area contributed by atoms with Crippen LogP contribution in [0.3, 0.4) is 0 Å². The minimum absolute atomic E-state index is 0.167. The van der Waals surface area contributed by atoms with E-state index in [0.717, 1.165) is 26.0 Å². The Balaban J connectivity index is 1.97. The van der Waals surface area contributed by atoms with E-state index < -0.39 is 0 Å². The molecular weight excluding hydrogens is 210 g/mol. The van der Waals surface area contributed by atoms with Crippen LogP contribution in [-0.4, -0.2) is 19.2 Å². The van der Waals surface area contributed by atoms with E-state index in [1.165, 1.54) is 11.1 Å². The fourth-order valence-electron chi connectivity index (χ4n) is 2.20. The van der Waals surface area contributed by atoms with Gasteiger partial charge in [-0.05, 0) is 24.5 Å². The zero-order chi connectivity index (χ0) is 12.1. The standard InChI is InChI=1S/C15H19NO/c1-3-6-12(2)16-11-15-14-8-5-4-7-13(14)9-10-17-15/h1,4-5,7-8,12,15-16H,6,9-11H2,2H3. The number of terminal acetylenes is 1. The monoisotopic (exact) mass is 229 g/mol. The Morgan fingerprint density at radius 3 is 3.18 bits per heavy atom. The Morgan fingerprint density at radius 1 is 1.53 bits per heavy atom. The Labute approximate surface area is 103 Å². The lowest BCUT2D eigenvalue weighted by molar-refractivity contribution is 0.0411. The number of fused-ring (bicyclic) bond motifs is 1. The summed E-state index contributed by atoms with van der Waals surface area (Å²) in [7, 11) is 0. The van der Waals surface area contributed by atoms with Gasteiger partial charge >= 0.3 is 0 Å². The van der Waals surface area contributed by atoms with Crippen LogP contribution >= 0.6 is 0 Å². The van der Waals surface area contributed by atoms with Gasteiger partial charge in [-0.1, -0.05) is 24.3 Å². The van der Waals surface area contributed by atoms with Gasteiger partial charge in [0.1, 0.15) is 0 Å². The van der Waals surface area contributed by atoms with E-state index in [1.54, 1.807) is 0 Å². The van der Waals surface area contributed by atoms with Crippen LogP contribution in [0.1, 0.15) is 30.6 Å². The molecule has 0 aliphatic carbocycles. The number of hydrogen-bond donors (Lipinski definition) is 1. The summed E-state index contributed by atoms with van der Waals surface area (Å²) in [6.07, 6.45) is 7.24. The van der Waals surface area contributed by atoms with E-state index in [0.29, 0.717) is 6.04 Å². The van der Waals surface area contributed by atoms with Crippen molar-refractivity contribution in [2.24, 2.45) is 0 Å². The van der Waals surface area contributed by atoms with Crippen LogP contribution in [0.2, 0.25) is 0 Å². The summed E-state index contributed by atoms with van der Waals surface area (Å²) in [5, 5.41) is 3.43. The largest absolute Gasteiger partial charge is 0.372 e. The summed E-state index contributed by atoms with van der Waals surface area (Å²) in [6.45, 7) is 3.75. The maximum absolute atomic E-state index is 5.82. The van der Waals surface area contributed by atoms with Gasteiger partial charge in [-0.3, -0.25) is 0 Å². The molecule has 0 radical (unpaired) electrons. The minimum atomic E-state index is 0.167. The van der Waals surface area contributed by atoms with Gasteiger partial charge in [0.25, 0.3) is 0 Å². The molecule has 2 nitrogen and oxygen atoms in total. The second kappa shape index (κ2) is 5.86. The van der Waals surface area contributed by atoms with Gasteiger partial charge in [0, 0.05) is 19.0 Å². The summed E-state index contributed by atoms with van der Waals surface area (Å²) >= 11 is 0. The Kier molecular flexibility index (Phi) is 4.19. The van der Waals surface area contributed by atoms with E-state index in [4.69, 9.17) is 11.2 Å². The topological polar surface area (TPSA) is 21.3 Å². The number of rotatable bonds is 4. The molecule has 2 heteroatoms. The highest BCUT2D eigenvalue weighted by Gasteiger charge is 2.20. The molecule has 1 aliphatic rings. The molecule has 0 bridgehead atoms. The zero-order valence-electron chi connectivity index (χ0n) is 10.3. The number of ether oxygens (including phenoxy) is 1. The highest BCUT2D eigenvalue weighted by Crippen LogP contribution is 2.26. The molecule has 0 spiro atoms. The maximum Gasteiger partial charge on any atom is 0.0952 e. The molecule has 17 heavy (non-hydrogen) atoms. The molecule has 2 atom stereocenters. The van der Waals surface area contributed by atoms with Crippen molar-refractivity contribution in [3.05, 3.63) is 35.4 Å². The molecule has 0 amide bonds. The lowest BCUT2D eigenvalue weighted by Crippen LogP contribution is -2.33. The van der Waals surface area contributed by atoms with Crippen molar-refractivity contribution < 1.29 is 4.74 Å². The molecule has 2 unspecified atom stereocenters. The first-order valence-corrected chi connectivity index (χ1v) is 6.17. The Bertz CT molecular complexity index is 408. The second-order valence-electron chi connectivity index (χ2n) is 4.53. The lowest BCUT2D eigenvalue weighted by atomic mass is 9.97. The Morgan fingerprint density at radius 2 is 2.35 bits per heavy atom. The van der Waals surface area contributed by atoms with E-state index in [9.17, 15) is 0 Å². The molecule has 0 saturated heterocycles. The molecule has 1 N–H and O–H groups in total. The van der Waals surface area contributed by atoms with Gasteiger partial charge in [0.2, 0.25) is 0 Å². The molecular formula is C15H19NO. The van der Waals surface area contributed by atoms with Crippen molar-refractivity contribution in [3.8, 4) is 12.3 Å². The van der Waals surface area contributed by atoms with Gasteiger partial charge in [-0.15, -0.1) is 12.3 Å². The van der Waals surface area contributed by atoms with Crippen LogP contribution in [0.4, 0.5) is 0 Å². The fraction of sp³-hybridized carbons (Fsp3) is 0.467. The summed E-state index contributed by atoms with van der Waals surface area (Å²) in [5.74, 6) is 2.67. The second-order valence-corrected chi connectivity index (χ2v) is 4.53. The Hall–Kier alpha value is -1.30. The smallest absolute Gasteiger partial charge is 0.0952 e. The molecule has 0 saturated carbocycles. The van der Waals surface area contributed by atoms with Crippen LogP contribution in [0.25, 0.3) is 0 Å². The molecule has 1 aromatic carbocycles. The minimum Gasteiger partial charge on any atom is -0.372 e. The van der Waals surface area contributed by atoms with Crippen LogP contribution in [0.5, 0.6) is 0 Å². The molecule has 90 valence electrons. The summed E-state index contributed by atoms with van der Waals surface area (Å²) < 4.78 is 5.82. The molecule has 1 aliphatic heterocycles. The summed E-state index contributed by atoms with van der Waals surface area (Å²) in [5.41, 5.74) is 2.73. The van der Waals surface area contributed by atoms with Crippen molar-refractivity contribution in [1.29, 1.82) is 0 Å². The zero-order valence-corrected chi connectivity index (χ0v) is 10.3. The van der Waals surface area contributed by atoms with Crippen LogP contribution in [-0.2, 0) is 11.2 Å². The highest BCUT2D eigenvalue weighted by atomic mass is 16.5. The van der Waals surface area contributed by atoms with Gasteiger partial charge in [0.05, 0.1) is 12.7 Å². The first kappa shape index (κ1) is 12.2. The van der Waals surface area contributed by atoms with E-state index >= 15 is 0 Å². The third kappa shape index (κ3) is 3.09. The molecule has 2 rings (SSSR count). The SMILES string of the molecule is C#CCC(C)NCC1OCCc2ccccc21. The lowest BCUT2D eigenvalue weighted by Gasteiger charge is -2.27. The van der Waals surface area contributed by atoms with E-state index in [1.807, 2.05) is 0 Å². The van der Waals surface area contributed by atoms with Gasteiger partial charge in [-0.2, -0.15) is 0 Å². The van der Waals surface area contributed by atoms with E-state index in [-0.39, 0.29) is 6.10 Å². The number of benzene rings is 1. The van der Waals surface area contributed by atoms with Gasteiger partial charge < -0.3 is 10.1 Å². The predicted octanol–water partition coefficient (Wildman–Crippen LogP) is 2.30. The first-order valence-electron chi connectivity index (χ1n) is 6.17. The van der Waals surface area contributed by atoms with Crippen molar-refractivity contribution in [2.45, 2.75) is 31.9 Å². The van der Waals surface area contributed by atoms with Crippen LogP contribution in [0.15, 0.2) is 24.3 Å². The summed E-state index contributed by atoms with van der Waals surface area (Å²) in [4.78, 5) is 0. The number of nitrogens with one attached hydrogen (secondary N) is 1. The van der Waals surface area contributed by atoms with Crippen LogP contribution < -0.4 is 5.32 Å². The van der Waals surface area contributed by atoms with Gasteiger partial charge in [-0.25, -0.2) is 0 Å². The molecule has 1 aromatic rings. The first-order chi connectivity index (χ1) is 8.31. The van der Waals surface area contributed by atoms with Crippen molar-refractivity contribution >= 4 is 0 Å². The average molecular weight is 229 g/mol. The molecule has 0 fully saturated rings. The number of hydrogen-bond acceptors (Lipinski definition) is 2. The van der Waals surface area contributed by atoms with E-state index in [2.05, 4.69) is 42.4 Å². The third-order valence-electron chi connectivity index (χ3n) is 3.17. The fourth-order valence-corrected chi connectivity index (χ4v) is 2.20. The molecule has 1 heterocycles. The molecule has 0 aromatic heterocycles. The normalized spacial score (nSPS) is 20.4. The quantitative estimate of drug-likeness (QED) is 0.800. The predicted molar refractivity (Wildman–Crippen MR) is 69.8 cm³/mol. The van der Waals surface area contributed by atoms with Crippen molar-refractivity contribution in [2.75, 3.05) is 13.2 Å². The third-order valence-corrected chi connectivity index (χ3v) is 3.17.